The van der Waals surface area contributed by atoms with Crippen molar-refractivity contribution < 1.29 is 0 Å². The van der Waals surface area contributed by atoms with Gasteiger partial charge in [0.05, 0.1) is 14.0 Å². The van der Waals surface area contributed by atoms with Gasteiger partial charge in [-0.05, 0) is 5.92 Å². The summed E-state index contributed by atoms with van der Waals surface area (Å²) in [7, 11) is -0.289. The smallest absolute Gasteiger partial charge is 0.0908 e. The largest absolute Gasteiger partial charge is 0.110 e. The van der Waals surface area contributed by atoms with Gasteiger partial charge in [0.25, 0.3) is 0 Å². The van der Waals surface area contributed by atoms with Gasteiger partial charge in [0, 0.05) is 0 Å². The summed E-state index contributed by atoms with van der Waals surface area (Å²) in [5, 5.41) is 0. The third-order valence-corrected chi connectivity index (χ3v) is 10.1. The van der Waals surface area contributed by atoms with Gasteiger partial charge >= 0.3 is 0 Å². The van der Waals surface area contributed by atoms with E-state index in [0.717, 1.165) is 5.92 Å². The molecule has 0 aliphatic rings. The zero-order chi connectivity index (χ0) is 23.5. The second kappa shape index (κ2) is 28.0. The number of halogens is 2. The standard InChI is InChI=1S/C29H60Cl2Si/c1-3-5-7-9-11-13-14-15-16-17-18-20-22-24-26-28(27-32-29(30)31)25-23-21-19-12-10-8-6-4-2/h28-29H,3-27,32H2,1-2H3. The molecule has 0 aliphatic carbocycles. The van der Waals surface area contributed by atoms with Crippen molar-refractivity contribution in [3.8, 4) is 0 Å². The van der Waals surface area contributed by atoms with E-state index >= 15 is 0 Å². The highest BCUT2D eigenvalue weighted by Gasteiger charge is 2.11. The molecule has 0 aliphatic heterocycles. The third kappa shape index (κ3) is 27.0. The molecule has 0 amide bonds. The van der Waals surface area contributed by atoms with Crippen LogP contribution in [-0.4, -0.2) is 14.0 Å². The topological polar surface area (TPSA) is 0 Å². The summed E-state index contributed by atoms with van der Waals surface area (Å²) in [5.74, 6) is 0.916. The van der Waals surface area contributed by atoms with Gasteiger partial charge < -0.3 is 0 Å². The van der Waals surface area contributed by atoms with E-state index in [2.05, 4.69) is 13.8 Å². The van der Waals surface area contributed by atoms with Gasteiger partial charge in [-0.3, -0.25) is 0 Å². The number of rotatable bonds is 27. The average molecular weight is 508 g/mol. The van der Waals surface area contributed by atoms with Crippen LogP contribution in [0.15, 0.2) is 0 Å². The molecule has 0 nitrogen and oxygen atoms in total. The summed E-state index contributed by atoms with van der Waals surface area (Å²) in [5.41, 5.74) is 0. The van der Waals surface area contributed by atoms with Crippen molar-refractivity contribution >= 4 is 32.7 Å². The molecule has 1 unspecified atom stereocenters. The first-order valence-electron chi connectivity index (χ1n) is 15.0. The molecular weight excluding hydrogens is 447 g/mol. The first-order valence-corrected chi connectivity index (χ1v) is 17.7. The summed E-state index contributed by atoms with van der Waals surface area (Å²) in [6, 6.07) is 1.37. The lowest BCUT2D eigenvalue weighted by molar-refractivity contribution is 0.429. The van der Waals surface area contributed by atoms with Crippen molar-refractivity contribution in [3.05, 3.63) is 0 Å². The fraction of sp³-hybridized carbons (Fsp3) is 1.00. The molecule has 0 saturated carbocycles. The van der Waals surface area contributed by atoms with Crippen LogP contribution in [0, 0.1) is 5.92 Å². The molecular formula is C29H60Cl2Si. The van der Waals surface area contributed by atoms with E-state index in [0.29, 0.717) is 0 Å². The van der Waals surface area contributed by atoms with Crippen LogP contribution in [-0.2, 0) is 0 Å². The predicted octanol–water partition coefficient (Wildman–Crippen LogP) is 11.4. The van der Waals surface area contributed by atoms with Gasteiger partial charge in [-0.15, -0.1) is 23.2 Å². The van der Waals surface area contributed by atoms with E-state index in [1.165, 1.54) is 160 Å². The molecule has 0 aromatic carbocycles. The first-order chi connectivity index (χ1) is 15.7. The van der Waals surface area contributed by atoms with E-state index in [-0.39, 0.29) is 14.0 Å². The Labute approximate surface area is 216 Å². The Morgan fingerprint density at radius 1 is 0.438 bits per heavy atom. The number of unbranched alkanes of at least 4 members (excludes halogenated alkanes) is 20. The van der Waals surface area contributed by atoms with Crippen molar-refractivity contribution in [1.82, 2.24) is 0 Å². The Morgan fingerprint density at radius 3 is 1.00 bits per heavy atom. The van der Waals surface area contributed by atoms with Gasteiger partial charge in [0.15, 0.2) is 0 Å². The van der Waals surface area contributed by atoms with Crippen molar-refractivity contribution in [1.29, 1.82) is 0 Å². The van der Waals surface area contributed by atoms with Gasteiger partial charge in [-0.2, -0.15) is 0 Å². The van der Waals surface area contributed by atoms with E-state index < -0.39 is 0 Å². The monoisotopic (exact) mass is 506 g/mol. The molecule has 0 aromatic heterocycles. The Bertz CT molecular complexity index is 335. The number of hydrogen-bond donors (Lipinski definition) is 0. The van der Waals surface area contributed by atoms with Gasteiger partial charge in [0.2, 0.25) is 0 Å². The summed E-state index contributed by atoms with van der Waals surface area (Å²) >= 11 is 12.2. The van der Waals surface area contributed by atoms with Crippen molar-refractivity contribution in [3.63, 3.8) is 0 Å². The molecule has 0 aromatic rings. The maximum Gasteiger partial charge on any atom is 0.0908 e. The second-order valence-corrected chi connectivity index (χ2v) is 14.8. The summed E-state index contributed by atoms with van der Waals surface area (Å²) in [6.45, 7) is 4.60. The highest BCUT2D eigenvalue weighted by molar-refractivity contribution is 6.68. The summed E-state index contributed by atoms with van der Waals surface area (Å²) in [6.07, 6.45) is 34.6. The van der Waals surface area contributed by atoms with E-state index in [1.807, 2.05) is 0 Å². The SMILES string of the molecule is CCCCCCCCCCCCCCCCC(CCCCCCCCCC)C[SiH2]C(Cl)Cl. The lowest BCUT2D eigenvalue weighted by Crippen LogP contribution is -2.10. The Morgan fingerprint density at radius 2 is 0.719 bits per heavy atom. The lowest BCUT2D eigenvalue weighted by Gasteiger charge is -2.17. The van der Waals surface area contributed by atoms with Crippen LogP contribution in [0.4, 0.5) is 0 Å². The summed E-state index contributed by atoms with van der Waals surface area (Å²) < 4.78 is -0.0348. The van der Waals surface area contributed by atoms with Crippen LogP contribution in [0.5, 0.6) is 0 Å². The molecule has 0 heterocycles. The molecule has 0 saturated heterocycles. The normalized spacial score (nSPS) is 13.0. The third-order valence-electron chi connectivity index (χ3n) is 7.22. The van der Waals surface area contributed by atoms with Gasteiger partial charge in [0.1, 0.15) is 0 Å². The quantitative estimate of drug-likeness (QED) is 0.0589. The van der Waals surface area contributed by atoms with Crippen LogP contribution in [0.25, 0.3) is 0 Å². The molecule has 32 heavy (non-hydrogen) atoms. The van der Waals surface area contributed by atoms with Crippen LogP contribution < -0.4 is 0 Å². The molecule has 0 bridgehead atoms. The van der Waals surface area contributed by atoms with Crippen LogP contribution in [0.2, 0.25) is 6.04 Å². The fourth-order valence-corrected chi connectivity index (χ4v) is 7.05. The molecule has 194 valence electrons. The molecule has 0 N–H and O–H groups in total. The first kappa shape index (κ1) is 32.8. The Balaban J connectivity index is 3.57. The molecule has 0 rings (SSSR count). The maximum atomic E-state index is 6.09. The Kier molecular flexibility index (Phi) is 28.7. The lowest BCUT2D eigenvalue weighted by atomic mass is 9.95. The van der Waals surface area contributed by atoms with Gasteiger partial charge in [-0.25, -0.2) is 0 Å². The zero-order valence-electron chi connectivity index (χ0n) is 22.3. The molecule has 1 atom stereocenters. The second-order valence-electron chi connectivity index (χ2n) is 10.5. The zero-order valence-corrected chi connectivity index (χ0v) is 25.2. The number of hydrogen-bond acceptors (Lipinski definition) is 0. The van der Waals surface area contributed by atoms with Crippen LogP contribution >= 0.6 is 23.2 Å². The number of alkyl halides is 2. The molecule has 0 radical (unpaired) electrons. The minimum Gasteiger partial charge on any atom is -0.110 e. The summed E-state index contributed by atoms with van der Waals surface area (Å²) in [4.78, 5) is 0. The maximum absolute atomic E-state index is 6.09. The highest BCUT2D eigenvalue weighted by Crippen LogP contribution is 2.24. The van der Waals surface area contributed by atoms with Crippen molar-refractivity contribution in [2.75, 3.05) is 0 Å². The van der Waals surface area contributed by atoms with Crippen molar-refractivity contribution in [2.24, 2.45) is 5.92 Å². The van der Waals surface area contributed by atoms with Crippen molar-refractivity contribution in [2.45, 2.75) is 178 Å². The minimum atomic E-state index is -0.289. The molecule has 3 heteroatoms. The van der Waals surface area contributed by atoms with Gasteiger partial charge in [-0.1, -0.05) is 174 Å². The predicted molar refractivity (Wildman–Crippen MR) is 154 cm³/mol. The molecule has 0 spiro atoms. The van der Waals surface area contributed by atoms with Crippen LogP contribution in [0.3, 0.4) is 0 Å². The average Bonchev–Trinajstić information content (AvgIpc) is 2.78. The Hall–Kier alpha value is 0.797. The highest BCUT2D eigenvalue weighted by atomic mass is 35.5. The fourth-order valence-electron chi connectivity index (χ4n) is 4.99. The minimum absolute atomic E-state index is 0.0348. The molecule has 0 fully saturated rings. The van der Waals surface area contributed by atoms with E-state index in [9.17, 15) is 0 Å². The van der Waals surface area contributed by atoms with E-state index in [1.54, 1.807) is 0 Å². The van der Waals surface area contributed by atoms with Crippen LogP contribution in [0.1, 0.15) is 168 Å². The van der Waals surface area contributed by atoms with E-state index in [4.69, 9.17) is 23.2 Å².